The molecule has 140 valence electrons. The van der Waals surface area contributed by atoms with Crippen molar-refractivity contribution in [3.05, 3.63) is 29.6 Å². The Bertz CT molecular complexity index is 744. The van der Waals surface area contributed by atoms with E-state index in [1.165, 1.54) is 17.0 Å². The molecule has 0 atom stereocenters. The van der Waals surface area contributed by atoms with Gasteiger partial charge in [-0.25, -0.2) is 9.78 Å². The number of hydrogen-bond acceptors (Lipinski definition) is 6. The molecule has 6 nitrogen and oxygen atoms in total. The number of carbonyl (C=O) groups is 1. The Balaban J connectivity index is 1.63. The monoisotopic (exact) mass is 374 g/mol. The average Bonchev–Trinajstić information content (AvgIpc) is 3.02. The molecular weight excluding hydrogens is 348 g/mol. The normalized spacial score (nSPS) is 15.8. The lowest BCUT2D eigenvalue weighted by Crippen LogP contribution is -2.44. The highest BCUT2D eigenvalue weighted by atomic mass is 32.1. The molecule has 1 N–H and O–H groups in total. The van der Waals surface area contributed by atoms with Gasteiger partial charge in [0.2, 0.25) is 0 Å². The van der Waals surface area contributed by atoms with Gasteiger partial charge in [-0.15, -0.1) is 11.3 Å². The molecular formula is C19H26N4O2S. The van der Waals surface area contributed by atoms with Crippen molar-refractivity contribution in [3.63, 3.8) is 0 Å². The van der Waals surface area contributed by atoms with Crippen LogP contribution in [0.1, 0.15) is 20.8 Å². The van der Waals surface area contributed by atoms with E-state index in [9.17, 15) is 4.79 Å². The molecule has 1 saturated heterocycles. The number of carbonyl (C=O) groups excluding carboxylic acids is 1. The average molecular weight is 375 g/mol. The van der Waals surface area contributed by atoms with Crippen molar-refractivity contribution in [3.8, 4) is 11.3 Å². The largest absolute Gasteiger partial charge is 0.444 e. The molecule has 1 amide bonds. The van der Waals surface area contributed by atoms with Crippen molar-refractivity contribution < 1.29 is 9.53 Å². The zero-order valence-electron chi connectivity index (χ0n) is 15.8. The number of ether oxygens (including phenoxy) is 1. The first-order valence-electron chi connectivity index (χ1n) is 8.80. The zero-order valence-corrected chi connectivity index (χ0v) is 16.6. The van der Waals surface area contributed by atoms with Crippen LogP contribution in [0.4, 0.5) is 15.6 Å². The fourth-order valence-electron chi connectivity index (χ4n) is 2.76. The van der Waals surface area contributed by atoms with Gasteiger partial charge in [-0.1, -0.05) is 12.1 Å². The van der Waals surface area contributed by atoms with Crippen molar-refractivity contribution in [1.29, 1.82) is 0 Å². The lowest BCUT2D eigenvalue weighted by molar-refractivity contribution is 0.0636. The standard InChI is InChI=1S/C19H26N4O2S/c1-19(2,3)25-18(24)21-17-20-16(13-26-17)14-5-7-15(8-6-14)23-11-9-22(4)10-12-23/h5-8,13H,9-12H2,1-4H3,(H,20,21,24). The Morgan fingerprint density at radius 1 is 1.15 bits per heavy atom. The minimum Gasteiger partial charge on any atom is -0.444 e. The zero-order chi connectivity index (χ0) is 18.7. The lowest BCUT2D eigenvalue weighted by Gasteiger charge is -2.34. The van der Waals surface area contributed by atoms with Crippen LogP contribution < -0.4 is 10.2 Å². The van der Waals surface area contributed by atoms with Gasteiger partial charge in [-0.2, -0.15) is 0 Å². The number of likely N-dealkylation sites (N-methyl/N-ethyl adjacent to an activating group) is 1. The minimum atomic E-state index is -0.525. The van der Waals surface area contributed by atoms with E-state index in [0.29, 0.717) is 5.13 Å². The van der Waals surface area contributed by atoms with Gasteiger partial charge in [0, 0.05) is 42.8 Å². The van der Waals surface area contributed by atoms with Gasteiger partial charge in [0.15, 0.2) is 5.13 Å². The van der Waals surface area contributed by atoms with Crippen LogP contribution in [0, 0.1) is 0 Å². The Morgan fingerprint density at radius 3 is 2.42 bits per heavy atom. The van der Waals surface area contributed by atoms with Crippen molar-refractivity contribution in [2.45, 2.75) is 26.4 Å². The van der Waals surface area contributed by atoms with Crippen molar-refractivity contribution in [2.24, 2.45) is 0 Å². The van der Waals surface area contributed by atoms with Crippen molar-refractivity contribution >= 4 is 28.2 Å². The molecule has 0 aliphatic carbocycles. The number of nitrogens with zero attached hydrogens (tertiary/aromatic N) is 3. The number of nitrogens with one attached hydrogen (secondary N) is 1. The van der Waals surface area contributed by atoms with Gasteiger partial charge in [0.25, 0.3) is 0 Å². The second-order valence-electron chi connectivity index (χ2n) is 7.50. The molecule has 1 aromatic carbocycles. The molecule has 26 heavy (non-hydrogen) atoms. The van der Waals surface area contributed by atoms with E-state index >= 15 is 0 Å². The van der Waals surface area contributed by atoms with Crippen LogP contribution >= 0.6 is 11.3 Å². The van der Waals surface area contributed by atoms with E-state index in [0.717, 1.165) is 37.4 Å². The van der Waals surface area contributed by atoms with Crippen LogP contribution in [0.25, 0.3) is 11.3 Å². The third-order valence-electron chi connectivity index (χ3n) is 4.14. The summed E-state index contributed by atoms with van der Waals surface area (Å²) in [4.78, 5) is 21.1. The van der Waals surface area contributed by atoms with Crippen LogP contribution in [0.3, 0.4) is 0 Å². The molecule has 0 radical (unpaired) electrons. The predicted molar refractivity (Wildman–Crippen MR) is 107 cm³/mol. The number of rotatable bonds is 3. The van der Waals surface area contributed by atoms with Gasteiger partial charge >= 0.3 is 6.09 Å². The molecule has 7 heteroatoms. The van der Waals surface area contributed by atoms with Gasteiger partial charge < -0.3 is 14.5 Å². The Labute approximate surface area is 158 Å². The van der Waals surface area contributed by atoms with Crippen LogP contribution in [0.15, 0.2) is 29.6 Å². The first kappa shape index (κ1) is 18.7. The van der Waals surface area contributed by atoms with Gasteiger partial charge in [0.1, 0.15) is 5.60 Å². The molecule has 1 aliphatic heterocycles. The summed E-state index contributed by atoms with van der Waals surface area (Å²) in [7, 11) is 2.16. The Hall–Kier alpha value is -2.12. The second-order valence-corrected chi connectivity index (χ2v) is 8.36. The first-order chi connectivity index (χ1) is 12.3. The Morgan fingerprint density at radius 2 is 1.81 bits per heavy atom. The maximum Gasteiger partial charge on any atom is 0.413 e. The number of piperazine rings is 1. The van der Waals surface area contributed by atoms with Crippen LogP contribution in [0.2, 0.25) is 0 Å². The maximum atomic E-state index is 11.8. The summed E-state index contributed by atoms with van der Waals surface area (Å²) in [6, 6.07) is 8.45. The van der Waals surface area contributed by atoms with E-state index in [1.807, 2.05) is 26.2 Å². The van der Waals surface area contributed by atoms with E-state index in [4.69, 9.17) is 4.74 Å². The smallest absolute Gasteiger partial charge is 0.413 e. The van der Waals surface area contributed by atoms with Gasteiger partial charge in [-0.3, -0.25) is 5.32 Å². The summed E-state index contributed by atoms with van der Waals surface area (Å²) in [6.45, 7) is 9.79. The third-order valence-corrected chi connectivity index (χ3v) is 4.90. The highest BCUT2D eigenvalue weighted by Gasteiger charge is 2.18. The number of anilines is 2. The molecule has 0 spiro atoms. The summed E-state index contributed by atoms with van der Waals surface area (Å²) >= 11 is 1.39. The quantitative estimate of drug-likeness (QED) is 0.883. The van der Waals surface area contributed by atoms with Gasteiger partial charge in [0.05, 0.1) is 5.69 Å². The number of amides is 1. The van der Waals surface area contributed by atoms with Crippen LogP contribution in [0.5, 0.6) is 0 Å². The van der Waals surface area contributed by atoms with E-state index in [1.54, 1.807) is 0 Å². The van der Waals surface area contributed by atoms with Crippen LogP contribution in [-0.2, 0) is 4.74 Å². The summed E-state index contributed by atoms with van der Waals surface area (Å²) in [5.41, 5.74) is 2.61. The molecule has 0 saturated carbocycles. The fourth-order valence-corrected chi connectivity index (χ4v) is 3.47. The number of aromatic nitrogens is 1. The second kappa shape index (κ2) is 7.63. The topological polar surface area (TPSA) is 57.7 Å². The molecule has 1 aliphatic rings. The molecule has 1 fully saturated rings. The van der Waals surface area contributed by atoms with Crippen LogP contribution in [-0.4, -0.2) is 54.8 Å². The minimum absolute atomic E-state index is 0.483. The molecule has 2 aromatic rings. The highest BCUT2D eigenvalue weighted by molar-refractivity contribution is 7.14. The summed E-state index contributed by atoms with van der Waals surface area (Å²) < 4.78 is 5.25. The lowest BCUT2D eigenvalue weighted by atomic mass is 10.1. The number of hydrogen-bond donors (Lipinski definition) is 1. The number of thiazole rings is 1. The van der Waals surface area contributed by atoms with E-state index in [2.05, 4.69) is 51.4 Å². The van der Waals surface area contributed by atoms with Crippen molar-refractivity contribution in [2.75, 3.05) is 43.4 Å². The maximum absolute atomic E-state index is 11.8. The highest BCUT2D eigenvalue weighted by Crippen LogP contribution is 2.27. The molecule has 3 rings (SSSR count). The SMILES string of the molecule is CN1CCN(c2ccc(-c3csc(NC(=O)OC(C)(C)C)n3)cc2)CC1. The first-order valence-corrected chi connectivity index (χ1v) is 9.67. The van der Waals surface area contributed by atoms with E-state index < -0.39 is 11.7 Å². The summed E-state index contributed by atoms with van der Waals surface area (Å²) in [5.74, 6) is 0. The summed E-state index contributed by atoms with van der Waals surface area (Å²) in [5, 5.41) is 5.17. The summed E-state index contributed by atoms with van der Waals surface area (Å²) in [6.07, 6.45) is -0.483. The van der Waals surface area contributed by atoms with Crippen molar-refractivity contribution in [1.82, 2.24) is 9.88 Å². The van der Waals surface area contributed by atoms with E-state index in [-0.39, 0.29) is 0 Å². The number of benzene rings is 1. The van der Waals surface area contributed by atoms with Gasteiger partial charge in [-0.05, 0) is 40.0 Å². The fraction of sp³-hybridized carbons (Fsp3) is 0.474. The molecule has 2 heterocycles. The molecule has 0 unspecified atom stereocenters. The Kier molecular flexibility index (Phi) is 5.48. The third kappa shape index (κ3) is 4.95. The predicted octanol–water partition coefficient (Wildman–Crippen LogP) is 3.91. The molecule has 0 bridgehead atoms. The molecule has 1 aromatic heterocycles.